The number of halogens is 1. The number of carbonyl (C=O) groups is 1. The number of aliphatic hydroxyl groups is 1. The molecule has 4 rings (SSSR count). The van der Waals surface area contributed by atoms with Gasteiger partial charge in [-0.15, -0.1) is 11.3 Å². The number of aromatic nitrogens is 3. The normalized spacial score (nSPS) is 16.6. The van der Waals surface area contributed by atoms with Crippen LogP contribution in [0.5, 0.6) is 0 Å². The van der Waals surface area contributed by atoms with Crippen molar-refractivity contribution in [3.63, 3.8) is 0 Å². The van der Waals surface area contributed by atoms with Crippen molar-refractivity contribution in [2.75, 3.05) is 13.1 Å². The quantitative estimate of drug-likeness (QED) is 0.722. The summed E-state index contributed by atoms with van der Waals surface area (Å²) in [5.41, 5.74) is 1.30. The van der Waals surface area contributed by atoms with Gasteiger partial charge in [-0.3, -0.25) is 14.2 Å². The van der Waals surface area contributed by atoms with Gasteiger partial charge in [-0.25, -0.2) is 9.97 Å². The van der Waals surface area contributed by atoms with E-state index < -0.39 is 5.60 Å². The van der Waals surface area contributed by atoms with Crippen molar-refractivity contribution in [1.82, 2.24) is 19.4 Å². The summed E-state index contributed by atoms with van der Waals surface area (Å²) in [5.74, 6) is -0.125. The second kappa shape index (κ2) is 7.03. The molecule has 0 unspecified atom stereocenters. The molecule has 1 aliphatic heterocycles. The predicted octanol–water partition coefficient (Wildman–Crippen LogP) is 2.17. The Morgan fingerprint density at radius 3 is 2.78 bits per heavy atom. The lowest BCUT2D eigenvalue weighted by Gasteiger charge is -2.38. The number of fused-ring (bicyclic) bond motifs is 1. The van der Waals surface area contributed by atoms with Crippen molar-refractivity contribution in [2.45, 2.75) is 25.0 Å². The third-order valence-electron chi connectivity index (χ3n) is 4.88. The van der Waals surface area contributed by atoms with Crippen molar-refractivity contribution >= 4 is 39.7 Å². The van der Waals surface area contributed by atoms with Gasteiger partial charge in [0.25, 0.3) is 11.5 Å². The number of piperidine rings is 1. The van der Waals surface area contributed by atoms with Crippen LogP contribution in [0.25, 0.3) is 10.9 Å². The second-order valence-corrected chi connectivity index (χ2v) is 7.88. The van der Waals surface area contributed by atoms with Crippen LogP contribution in [0, 0.1) is 0 Å². The SMILES string of the molecule is O=C(c1cscn1)N1CCC(O)(Cn2cnc3cc(Cl)ccc3c2=O)CC1. The van der Waals surface area contributed by atoms with Crippen LogP contribution in [0.1, 0.15) is 23.3 Å². The Balaban J connectivity index is 1.49. The molecule has 3 aromatic rings. The zero-order valence-electron chi connectivity index (χ0n) is 14.3. The highest BCUT2D eigenvalue weighted by Gasteiger charge is 2.35. The summed E-state index contributed by atoms with van der Waals surface area (Å²) in [6, 6.07) is 4.93. The number of carbonyl (C=O) groups excluding carboxylic acids is 1. The molecule has 1 aliphatic rings. The molecule has 1 amide bonds. The minimum absolute atomic E-state index is 0.125. The molecule has 3 heterocycles. The smallest absolute Gasteiger partial charge is 0.273 e. The summed E-state index contributed by atoms with van der Waals surface area (Å²) in [6.07, 6.45) is 2.20. The van der Waals surface area contributed by atoms with Crippen molar-refractivity contribution < 1.29 is 9.90 Å². The summed E-state index contributed by atoms with van der Waals surface area (Å²) in [4.78, 5) is 35.1. The topological polar surface area (TPSA) is 88.3 Å². The lowest BCUT2D eigenvalue weighted by atomic mass is 9.91. The monoisotopic (exact) mass is 404 g/mol. The number of benzene rings is 1. The van der Waals surface area contributed by atoms with E-state index in [4.69, 9.17) is 11.6 Å². The number of hydrogen-bond acceptors (Lipinski definition) is 6. The van der Waals surface area contributed by atoms with Gasteiger partial charge in [0.2, 0.25) is 0 Å². The molecule has 27 heavy (non-hydrogen) atoms. The molecule has 0 spiro atoms. The molecule has 1 fully saturated rings. The molecule has 0 radical (unpaired) electrons. The summed E-state index contributed by atoms with van der Waals surface area (Å²) in [6.45, 7) is 0.965. The molecule has 0 saturated carbocycles. The molecule has 7 nitrogen and oxygen atoms in total. The highest BCUT2D eigenvalue weighted by atomic mass is 35.5. The van der Waals surface area contributed by atoms with Crippen molar-refractivity contribution in [2.24, 2.45) is 0 Å². The third kappa shape index (κ3) is 3.60. The van der Waals surface area contributed by atoms with E-state index in [1.54, 1.807) is 34.0 Å². The van der Waals surface area contributed by atoms with Gasteiger partial charge in [0.1, 0.15) is 5.69 Å². The highest BCUT2D eigenvalue weighted by Crippen LogP contribution is 2.25. The largest absolute Gasteiger partial charge is 0.388 e. The van der Waals surface area contributed by atoms with Gasteiger partial charge < -0.3 is 10.0 Å². The van der Waals surface area contributed by atoms with Crippen molar-refractivity contribution in [3.05, 3.63) is 56.5 Å². The van der Waals surface area contributed by atoms with E-state index in [0.29, 0.717) is 47.6 Å². The van der Waals surface area contributed by atoms with E-state index in [1.807, 2.05) is 0 Å². The van der Waals surface area contributed by atoms with Gasteiger partial charge in [0, 0.05) is 23.5 Å². The van der Waals surface area contributed by atoms with Gasteiger partial charge in [-0.2, -0.15) is 0 Å². The van der Waals surface area contributed by atoms with Crippen LogP contribution in [-0.4, -0.2) is 49.1 Å². The molecule has 0 aliphatic carbocycles. The fourth-order valence-electron chi connectivity index (χ4n) is 3.33. The van der Waals surface area contributed by atoms with E-state index in [2.05, 4.69) is 9.97 Å². The van der Waals surface area contributed by atoms with Gasteiger partial charge in [0.15, 0.2) is 0 Å². The van der Waals surface area contributed by atoms with Gasteiger partial charge in [-0.05, 0) is 31.0 Å². The Hall–Kier alpha value is -2.29. The molecular formula is C18H17ClN4O3S. The van der Waals surface area contributed by atoms with Gasteiger partial charge in [-0.1, -0.05) is 11.6 Å². The standard InChI is InChI=1S/C18H17ClN4O3S/c19-12-1-2-13-14(7-12)20-10-23(16(13)24)9-18(26)3-5-22(6-4-18)17(25)15-8-27-11-21-15/h1-2,7-8,10-11,26H,3-6,9H2. The number of thiazole rings is 1. The zero-order chi connectivity index (χ0) is 19.0. The Morgan fingerprint density at radius 2 is 2.07 bits per heavy atom. The van der Waals surface area contributed by atoms with Gasteiger partial charge in [0.05, 0.1) is 34.9 Å². The number of hydrogen-bond donors (Lipinski definition) is 1. The van der Waals surface area contributed by atoms with Crippen molar-refractivity contribution in [1.29, 1.82) is 0 Å². The molecule has 140 valence electrons. The summed E-state index contributed by atoms with van der Waals surface area (Å²) < 4.78 is 1.42. The second-order valence-electron chi connectivity index (χ2n) is 6.73. The first-order valence-corrected chi connectivity index (χ1v) is 9.82. The molecule has 0 bridgehead atoms. The average molecular weight is 405 g/mol. The van der Waals surface area contributed by atoms with Crippen LogP contribution < -0.4 is 5.56 Å². The predicted molar refractivity (Wildman–Crippen MR) is 103 cm³/mol. The van der Waals surface area contributed by atoms with Crippen LogP contribution in [-0.2, 0) is 6.54 Å². The number of likely N-dealkylation sites (tertiary alicyclic amines) is 1. The van der Waals surface area contributed by atoms with Crippen LogP contribution in [0.4, 0.5) is 0 Å². The average Bonchev–Trinajstić information content (AvgIpc) is 3.19. The molecule has 1 N–H and O–H groups in total. The highest BCUT2D eigenvalue weighted by molar-refractivity contribution is 7.07. The first kappa shape index (κ1) is 18.1. The molecule has 1 aromatic carbocycles. The van der Waals surface area contributed by atoms with Crippen molar-refractivity contribution in [3.8, 4) is 0 Å². The number of nitrogens with zero attached hydrogens (tertiary/aromatic N) is 4. The number of amides is 1. The molecule has 0 atom stereocenters. The maximum absolute atomic E-state index is 12.7. The van der Waals surface area contributed by atoms with Crippen LogP contribution in [0.3, 0.4) is 0 Å². The summed E-state index contributed by atoms with van der Waals surface area (Å²) in [7, 11) is 0. The number of rotatable bonds is 3. The Kier molecular flexibility index (Phi) is 4.71. The van der Waals surface area contributed by atoms with E-state index in [9.17, 15) is 14.7 Å². The van der Waals surface area contributed by atoms with E-state index in [0.717, 1.165) is 0 Å². The molecular weight excluding hydrogens is 388 g/mol. The van der Waals surface area contributed by atoms with E-state index in [1.165, 1.54) is 22.2 Å². The van der Waals surface area contributed by atoms with Crippen LogP contribution >= 0.6 is 22.9 Å². The Morgan fingerprint density at radius 1 is 1.30 bits per heavy atom. The fourth-order valence-corrected chi connectivity index (χ4v) is 4.02. The Bertz CT molecular complexity index is 1040. The lowest BCUT2D eigenvalue weighted by Crippen LogP contribution is -2.49. The third-order valence-corrected chi connectivity index (χ3v) is 5.71. The molecule has 9 heteroatoms. The fraction of sp³-hybridized carbons (Fsp3) is 0.333. The van der Waals surface area contributed by atoms with Crippen LogP contribution in [0.15, 0.2) is 40.2 Å². The minimum Gasteiger partial charge on any atom is -0.388 e. The molecule has 2 aromatic heterocycles. The first-order chi connectivity index (χ1) is 13.0. The molecule has 1 saturated heterocycles. The van der Waals surface area contributed by atoms with Gasteiger partial charge >= 0.3 is 0 Å². The van der Waals surface area contributed by atoms with E-state index >= 15 is 0 Å². The Labute approximate surface area is 163 Å². The maximum atomic E-state index is 12.7. The summed E-state index contributed by atoms with van der Waals surface area (Å²) >= 11 is 7.32. The minimum atomic E-state index is -1.07. The van der Waals surface area contributed by atoms with E-state index in [-0.39, 0.29) is 18.0 Å². The van der Waals surface area contributed by atoms with Crippen LogP contribution in [0.2, 0.25) is 5.02 Å². The summed E-state index contributed by atoms with van der Waals surface area (Å²) in [5, 5.41) is 13.6. The lowest BCUT2D eigenvalue weighted by molar-refractivity contribution is -0.0300. The first-order valence-electron chi connectivity index (χ1n) is 8.50. The zero-order valence-corrected chi connectivity index (χ0v) is 15.9. The maximum Gasteiger partial charge on any atom is 0.273 e.